The molecule has 0 aliphatic carbocycles. The lowest BCUT2D eigenvalue weighted by Crippen LogP contribution is -2.16. The van der Waals surface area contributed by atoms with Gasteiger partial charge in [0.2, 0.25) is 0 Å². The Hall–Kier alpha value is -3.04. The summed E-state index contributed by atoms with van der Waals surface area (Å²) in [6.45, 7) is 0. The number of thiazole rings is 1. The highest BCUT2D eigenvalue weighted by atomic mass is 32.2. The molecule has 0 atom stereocenters. The van der Waals surface area contributed by atoms with Crippen LogP contribution in [0.2, 0.25) is 0 Å². The molecular formula is C18H14N2O5S2. The van der Waals surface area contributed by atoms with Crippen molar-refractivity contribution in [1.29, 1.82) is 0 Å². The number of esters is 1. The van der Waals surface area contributed by atoms with Crippen molar-refractivity contribution >= 4 is 38.2 Å². The quantitative estimate of drug-likeness (QED) is 0.520. The Kier molecular flexibility index (Phi) is 5.33. The van der Waals surface area contributed by atoms with Crippen molar-refractivity contribution in [2.24, 2.45) is 0 Å². The van der Waals surface area contributed by atoms with Crippen LogP contribution in [0.1, 0.15) is 20.7 Å². The van der Waals surface area contributed by atoms with Crippen LogP contribution in [0, 0.1) is 0 Å². The number of rotatable bonds is 5. The monoisotopic (exact) mass is 402 g/mol. The van der Waals surface area contributed by atoms with E-state index in [9.17, 15) is 18.0 Å². The van der Waals surface area contributed by atoms with Gasteiger partial charge in [-0.1, -0.05) is 41.7 Å². The average Bonchev–Trinajstić information content (AvgIpc) is 3.12. The second-order valence-electron chi connectivity index (χ2n) is 5.46. The average molecular weight is 402 g/mol. The maximum atomic E-state index is 12.5. The normalized spacial score (nSPS) is 11.0. The van der Waals surface area contributed by atoms with Gasteiger partial charge in [-0.15, -0.1) is 0 Å². The SMILES string of the molecule is CS(=O)(=O)c1cnc(NC(=O)c2ccccc2OC(=O)c2ccccc2)s1. The summed E-state index contributed by atoms with van der Waals surface area (Å²) < 4.78 is 28.4. The molecule has 0 bridgehead atoms. The molecule has 3 aromatic rings. The summed E-state index contributed by atoms with van der Waals surface area (Å²) >= 11 is 0.841. The van der Waals surface area contributed by atoms with Gasteiger partial charge in [-0.2, -0.15) is 0 Å². The molecule has 3 rings (SSSR count). The molecule has 0 aliphatic heterocycles. The Labute approximate surface area is 159 Å². The minimum absolute atomic E-state index is 0.0431. The number of nitrogens with zero attached hydrogens (tertiary/aromatic N) is 1. The van der Waals surface area contributed by atoms with Crippen molar-refractivity contribution in [2.75, 3.05) is 11.6 Å². The smallest absolute Gasteiger partial charge is 0.343 e. The zero-order chi connectivity index (χ0) is 19.4. The van der Waals surface area contributed by atoms with Crippen molar-refractivity contribution in [3.8, 4) is 5.75 Å². The molecule has 1 amide bonds. The molecule has 1 N–H and O–H groups in total. The second-order valence-corrected chi connectivity index (χ2v) is 8.74. The van der Waals surface area contributed by atoms with Gasteiger partial charge < -0.3 is 4.74 Å². The van der Waals surface area contributed by atoms with Crippen molar-refractivity contribution in [2.45, 2.75) is 4.21 Å². The largest absolute Gasteiger partial charge is 0.422 e. The van der Waals surface area contributed by atoms with E-state index in [1.165, 1.54) is 18.3 Å². The lowest BCUT2D eigenvalue weighted by atomic mass is 10.2. The highest BCUT2D eigenvalue weighted by Crippen LogP contribution is 2.25. The minimum atomic E-state index is -3.40. The summed E-state index contributed by atoms with van der Waals surface area (Å²) in [7, 11) is -3.40. The highest BCUT2D eigenvalue weighted by Gasteiger charge is 2.18. The first-order valence-corrected chi connectivity index (χ1v) is 10.4. The van der Waals surface area contributed by atoms with E-state index >= 15 is 0 Å². The first kappa shape index (κ1) is 18.7. The molecule has 0 fully saturated rings. The number of aromatic nitrogens is 1. The fraction of sp³-hybridized carbons (Fsp3) is 0.0556. The van der Waals surface area contributed by atoms with Crippen LogP contribution < -0.4 is 10.1 Å². The van der Waals surface area contributed by atoms with E-state index in [1.54, 1.807) is 42.5 Å². The van der Waals surface area contributed by atoms with E-state index < -0.39 is 21.7 Å². The molecule has 7 nitrogen and oxygen atoms in total. The number of benzene rings is 2. The van der Waals surface area contributed by atoms with E-state index in [-0.39, 0.29) is 20.7 Å². The van der Waals surface area contributed by atoms with Crippen LogP contribution in [0.25, 0.3) is 0 Å². The number of sulfone groups is 1. The molecule has 1 aromatic heterocycles. The maximum absolute atomic E-state index is 12.5. The summed E-state index contributed by atoms with van der Waals surface area (Å²) in [4.78, 5) is 28.6. The third kappa shape index (κ3) is 4.57. The van der Waals surface area contributed by atoms with Crippen LogP contribution in [0.3, 0.4) is 0 Å². The summed E-state index contributed by atoms with van der Waals surface area (Å²) in [5, 5.41) is 2.65. The zero-order valence-electron chi connectivity index (χ0n) is 14.1. The number of nitrogens with one attached hydrogen (secondary N) is 1. The fourth-order valence-electron chi connectivity index (χ4n) is 2.13. The van der Waals surface area contributed by atoms with E-state index in [4.69, 9.17) is 4.74 Å². The number of hydrogen-bond acceptors (Lipinski definition) is 7. The van der Waals surface area contributed by atoms with Gasteiger partial charge in [-0.3, -0.25) is 10.1 Å². The van der Waals surface area contributed by atoms with E-state index in [0.717, 1.165) is 17.6 Å². The summed E-state index contributed by atoms with van der Waals surface area (Å²) in [6.07, 6.45) is 2.24. The van der Waals surface area contributed by atoms with Crippen molar-refractivity contribution in [3.05, 3.63) is 71.9 Å². The van der Waals surface area contributed by atoms with Gasteiger partial charge in [0.05, 0.1) is 17.3 Å². The van der Waals surface area contributed by atoms with Crippen molar-refractivity contribution in [3.63, 3.8) is 0 Å². The van der Waals surface area contributed by atoms with Crippen molar-refractivity contribution in [1.82, 2.24) is 4.98 Å². The summed E-state index contributed by atoms with van der Waals surface area (Å²) in [5.41, 5.74) is 0.475. The molecule has 0 radical (unpaired) electrons. The van der Waals surface area contributed by atoms with Gasteiger partial charge >= 0.3 is 5.97 Å². The van der Waals surface area contributed by atoms with Crippen LogP contribution >= 0.6 is 11.3 Å². The minimum Gasteiger partial charge on any atom is -0.422 e. The Morgan fingerprint density at radius 2 is 1.70 bits per heavy atom. The third-order valence-corrected chi connectivity index (χ3v) is 6.12. The van der Waals surface area contributed by atoms with Crippen LogP contribution in [-0.4, -0.2) is 31.5 Å². The van der Waals surface area contributed by atoms with Gasteiger partial charge in [-0.25, -0.2) is 18.2 Å². The summed E-state index contributed by atoms with van der Waals surface area (Å²) in [6, 6.07) is 14.6. The molecule has 0 aliphatic rings. The number of carbonyl (C=O) groups excluding carboxylic acids is 2. The third-order valence-electron chi connectivity index (χ3n) is 3.41. The number of anilines is 1. The molecule has 9 heteroatoms. The molecule has 0 spiro atoms. The van der Waals surface area contributed by atoms with Gasteiger partial charge in [0.1, 0.15) is 9.96 Å². The van der Waals surface area contributed by atoms with Gasteiger partial charge in [-0.05, 0) is 24.3 Å². The Balaban J connectivity index is 1.80. The first-order chi connectivity index (χ1) is 12.8. The molecule has 1 heterocycles. The Morgan fingerprint density at radius 1 is 1.04 bits per heavy atom. The summed E-state index contributed by atoms with van der Waals surface area (Å²) in [5.74, 6) is -1.07. The van der Waals surface area contributed by atoms with Crippen LogP contribution in [0.15, 0.2) is 65.0 Å². The molecule has 138 valence electrons. The Morgan fingerprint density at radius 3 is 2.37 bits per heavy atom. The second kappa shape index (κ2) is 7.68. The molecule has 0 saturated heterocycles. The number of para-hydroxylation sites is 1. The molecule has 0 saturated carbocycles. The standard InChI is InChI=1S/C18H14N2O5S2/c1-27(23,24)15-11-19-18(26-15)20-16(21)13-9-5-6-10-14(13)25-17(22)12-7-3-2-4-8-12/h2-11H,1H3,(H,19,20,21). The number of amides is 1. The van der Waals surface area contributed by atoms with Gasteiger partial charge in [0.15, 0.2) is 15.0 Å². The lowest BCUT2D eigenvalue weighted by Gasteiger charge is -2.09. The molecule has 27 heavy (non-hydrogen) atoms. The van der Waals surface area contributed by atoms with Crippen molar-refractivity contribution < 1.29 is 22.7 Å². The molecule has 2 aromatic carbocycles. The predicted octanol–water partition coefficient (Wildman–Crippen LogP) is 3.02. The highest BCUT2D eigenvalue weighted by molar-refractivity contribution is 7.92. The Bertz CT molecular complexity index is 1090. The first-order valence-electron chi connectivity index (χ1n) is 7.68. The van der Waals surface area contributed by atoms with Crippen LogP contribution in [-0.2, 0) is 9.84 Å². The molecule has 0 unspecified atom stereocenters. The van der Waals surface area contributed by atoms with Crippen LogP contribution in [0.4, 0.5) is 5.13 Å². The maximum Gasteiger partial charge on any atom is 0.343 e. The predicted molar refractivity (Wildman–Crippen MR) is 101 cm³/mol. The number of carbonyl (C=O) groups is 2. The van der Waals surface area contributed by atoms with E-state index in [0.29, 0.717) is 5.56 Å². The number of hydrogen-bond donors (Lipinski definition) is 1. The van der Waals surface area contributed by atoms with E-state index in [2.05, 4.69) is 10.3 Å². The zero-order valence-corrected chi connectivity index (χ0v) is 15.7. The van der Waals surface area contributed by atoms with Crippen LogP contribution in [0.5, 0.6) is 5.75 Å². The van der Waals surface area contributed by atoms with E-state index in [1.807, 2.05) is 0 Å². The lowest BCUT2D eigenvalue weighted by molar-refractivity contribution is 0.0733. The fourth-order valence-corrected chi connectivity index (χ4v) is 3.76. The van der Waals surface area contributed by atoms with Gasteiger partial charge in [0, 0.05) is 6.26 Å². The number of ether oxygens (including phenoxy) is 1. The topological polar surface area (TPSA) is 102 Å². The molecular weight excluding hydrogens is 388 g/mol. The van der Waals surface area contributed by atoms with Gasteiger partial charge in [0.25, 0.3) is 5.91 Å².